The highest BCUT2D eigenvalue weighted by atomic mass is 127. The number of thiazole rings is 1. The monoisotopic (exact) mass is 463 g/mol. The zero-order valence-electron chi connectivity index (χ0n) is 14.6. The number of hydrogen-bond acceptors (Lipinski definition) is 5. The Kier molecular flexibility index (Phi) is 9.27. The molecule has 2 aromatic heterocycles. The highest BCUT2D eigenvalue weighted by Crippen LogP contribution is 2.14. The van der Waals surface area contributed by atoms with Gasteiger partial charge < -0.3 is 15.2 Å². The van der Waals surface area contributed by atoms with Crippen LogP contribution >= 0.6 is 35.3 Å². The molecule has 8 heteroatoms. The predicted molar refractivity (Wildman–Crippen MR) is 109 cm³/mol. The highest BCUT2D eigenvalue weighted by molar-refractivity contribution is 14.0. The van der Waals surface area contributed by atoms with E-state index in [1.165, 1.54) is 0 Å². The quantitative estimate of drug-likeness (QED) is 0.372. The van der Waals surface area contributed by atoms with Gasteiger partial charge in [-0.1, -0.05) is 25.9 Å². The normalized spacial score (nSPS) is 11.5. The maximum atomic E-state index is 5.33. The van der Waals surface area contributed by atoms with Gasteiger partial charge in [0.2, 0.25) is 0 Å². The number of aryl methyl sites for hydroxylation is 1. The van der Waals surface area contributed by atoms with Crippen molar-refractivity contribution >= 4 is 41.3 Å². The molecule has 2 aromatic rings. The molecule has 0 saturated heterocycles. The third-order valence-electron chi connectivity index (χ3n) is 3.24. The molecule has 2 N–H and O–H groups in total. The molecule has 0 atom stereocenters. The lowest BCUT2D eigenvalue weighted by molar-refractivity contribution is 0.372. The highest BCUT2D eigenvalue weighted by Gasteiger charge is 2.08. The maximum absolute atomic E-state index is 5.33. The summed E-state index contributed by atoms with van der Waals surface area (Å²) in [7, 11) is 0. The number of aromatic nitrogens is 2. The average molecular weight is 463 g/mol. The van der Waals surface area contributed by atoms with Crippen molar-refractivity contribution in [3.8, 4) is 0 Å². The maximum Gasteiger partial charge on any atom is 0.192 e. The van der Waals surface area contributed by atoms with E-state index in [1.54, 1.807) is 11.3 Å². The van der Waals surface area contributed by atoms with Crippen LogP contribution in [0.25, 0.3) is 0 Å². The van der Waals surface area contributed by atoms with Crippen molar-refractivity contribution in [1.29, 1.82) is 0 Å². The zero-order chi connectivity index (χ0) is 16.7. The van der Waals surface area contributed by atoms with E-state index in [0.29, 0.717) is 19.0 Å². The summed E-state index contributed by atoms with van der Waals surface area (Å²) in [6.07, 6.45) is 0.969. The fourth-order valence-electron chi connectivity index (χ4n) is 1.94. The average Bonchev–Trinajstić information content (AvgIpc) is 3.19. The van der Waals surface area contributed by atoms with Crippen LogP contribution in [-0.2, 0) is 19.5 Å². The Hall–Kier alpha value is -1.16. The minimum Gasteiger partial charge on any atom is -0.359 e. The van der Waals surface area contributed by atoms with Crippen molar-refractivity contribution in [2.75, 3.05) is 6.54 Å². The van der Waals surface area contributed by atoms with Crippen molar-refractivity contribution in [3.05, 3.63) is 33.6 Å². The fourth-order valence-corrected chi connectivity index (χ4v) is 2.68. The molecule has 6 nitrogen and oxygen atoms in total. The first-order valence-corrected chi connectivity index (χ1v) is 8.91. The SMILES string of the molecule is CCNC(=NCc1csc(CC)n1)NCc1cc(C(C)C)no1.I. The van der Waals surface area contributed by atoms with Crippen molar-refractivity contribution in [2.45, 2.75) is 53.1 Å². The Morgan fingerprint density at radius 1 is 1.33 bits per heavy atom. The molecule has 134 valence electrons. The summed E-state index contributed by atoms with van der Waals surface area (Å²) in [4.78, 5) is 9.09. The number of hydrogen-bond donors (Lipinski definition) is 2. The van der Waals surface area contributed by atoms with Crippen molar-refractivity contribution in [1.82, 2.24) is 20.8 Å². The second kappa shape index (κ2) is 10.7. The standard InChI is InChI=1S/C16H25N5OS.HI/c1-5-15-20-12(10-23-15)8-18-16(17-6-2)19-9-13-7-14(11(3)4)21-22-13;/h7,10-11H,5-6,8-9H2,1-4H3,(H2,17,18,19);1H. The first kappa shape index (κ1) is 20.9. The number of aliphatic imine (C=N–C) groups is 1. The third kappa shape index (κ3) is 6.39. The third-order valence-corrected chi connectivity index (χ3v) is 4.29. The van der Waals surface area contributed by atoms with Crippen LogP contribution in [0.4, 0.5) is 0 Å². The van der Waals surface area contributed by atoms with Crippen LogP contribution in [0.15, 0.2) is 21.0 Å². The second-order valence-electron chi connectivity index (χ2n) is 5.51. The van der Waals surface area contributed by atoms with Crippen LogP contribution in [0.3, 0.4) is 0 Å². The van der Waals surface area contributed by atoms with Gasteiger partial charge in [-0.25, -0.2) is 9.98 Å². The molecule has 0 aliphatic heterocycles. The van der Waals surface area contributed by atoms with E-state index in [9.17, 15) is 0 Å². The summed E-state index contributed by atoms with van der Waals surface area (Å²) in [5.74, 6) is 1.93. The summed E-state index contributed by atoms with van der Waals surface area (Å²) >= 11 is 1.69. The van der Waals surface area contributed by atoms with E-state index >= 15 is 0 Å². The molecule has 0 aromatic carbocycles. The van der Waals surface area contributed by atoms with Gasteiger partial charge in [-0.3, -0.25) is 0 Å². The summed E-state index contributed by atoms with van der Waals surface area (Å²) < 4.78 is 5.33. The topological polar surface area (TPSA) is 75.3 Å². The molecular formula is C16H26IN5OS. The summed E-state index contributed by atoms with van der Waals surface area (Å²) in [6, 6.07) is 1.98. The van der Waals surface area contributed by atoms with Gasteiger partial charge in [-0.15, -0.1) is 35.3 Å². The Bertz CT molecular complexity index is 638. The van der Waals surface area contributed by atoms with Crippen molar-refractivity contribution < 1.29 is 4.52 Å². The number of rotatable bonds is 7. The van der Waals surface area contributed by atoms with Gasteiger partial charge in [0.15, 0.2) is 11.7 Å². The van der Waals surface area contributed by atoms with E-state index in [2.05, 4.69) is 51.9 Å². The van der Waals surface area contributed by atoms with Gasteiger partial charge in [0, 0.05) is 18.0 Å². The lowest BCUT2D eigenvalue weighted by Gasteiger charge is -2.09. The number of halogens is 1. The number of guanidine groups is 1. The van der Waals surface area contributed by atoms with Gasteiger partial charge in [-0.05, 0) is 19.3 Å². The summed E-state index contributed by atoms with van der Waals surface area (Å²) in [5.41, 5.74) is 1.98. The summed E-state index contributed by atoms with van der Waals surface area (Å²) in [6.45, 7) is 10.3. The zero-order valence-corrected chi connectivity index (χ0v) is 17.8. The lowest BCUT2D eigenvalue weighted by atomic mass is 10.1. The molecule has 0 fully saturated rings. The van der Waals surface area contributed by atoms with Gasteiger partial charge in [-0.2, -0.15) is 0 Å². The van der Waals surface area contributed by atoms with E-state index in [-0.39, 0.29) is 24.0 Å². The van der Waals surface area contributed by atoms with Crippen LogP contribution in [0, 0.1) is 0 Å². The molecule has 0 amide bonds. The van der Waals surface area contributed by atoms with Crippen molar-refractivity contribution in [3.63, 3.8) is 0 Å². The van der Waals surface area contributed by atoms with Gasteiger partial charge in [0.05, 0.1) is 29.5 Å². The summed E-state index contributed by atoms with van der Waals surface area (Å²) in [5, 5.41) is 13.8. The molecule has 0 aliphatic rings. The molecular weight excluding hydrogens is 437 g/mol. The number of nitrogens with zero attached hydrogens (tertiary/aromatic N) is 3. The van der Waals surface area contributed by atoms with Gasteiger partial charge >= 0.3 is 0 Å². The van der Waals surface area contributed by atoms with Crippen LogP contribution in [0.5, 0.6) is 0 Å². The van der Waals surface area contributed by atoms with Crippen LogP contribution in [-0.4, -0.2) is 22.6 Å². The van der Waals surface area contributed by atoms with E-state index in [4.69, 9.17) is 4.52 Å². The van der Waals surface area contributed by atoms with Crippen LogP contribution in [0.2, 0.25) is 0 Å². The number of nitrogens with one attached hydrogen (secondary N) is 2. The smallest absolute Gasteiger partial charge is 0.192 e. The Morgan fingerprint density at radius 2 is 2.12 bits per heavy atom. The molecule has 0 bridgehead atoms. The lowest BCUT2D eigenvalue weighted by Crippen LogP contribution is -2.36. The van der Waals surface area contributed by atoms with E-state index in [0.717, 1.165) is 41.1 Å². The predicted octanol–water partition coefficient (Wildman–Crippen LogP) is 3.69. The molecule has 0 spiro atoms. The van der Waals surface area contributed by atoms with Gasteiger partial charge in [0.25, 0.3) is 0 Å². The fraction of sp³-hybridized carbons (Fsp3) is 0.562. The van der Waals surface area contributed by atoms with Crippen LogP contribution < -0.4 is 10.6 Å². The van der Waals surface area contributed by atoms with E-state index < -0.39 is 0 Å². The Labute approximate surface area is 164 Å². The van der Waals surface area contributed by atoms with Gasteiger partial charge in [0.1, 0.15) is 0 Å². The first-order chi connectivity index (χ1) is 11.1. The molecule has 24 heavy (non-hydrogen) atoms. The molecule has 2 heterocycles. The van der Waals surface area contributed by atoms with Crippen LogP contribution in [0.1, 0.15) is 55.8 Å². The largest absolute Gasteiger partial charge is 0.359 e. The minimum absolute atomic E-state index is 0. The first-order valence-electron chi connectivity index (χ1n) is 8.03. The molecule has 0 aliphatic carbocycles. The van der Waals surface area contributed by atoms with E-state index in [1.807, 2.05) is 13.0 Å². The van der Waals surface area contributed by atoms with Crippen molar-refractivity contribution in [2.24, 2.45) is 4.99 Å². The Balaban J connectivity index is 0.00000288. The molecule has 2 rings (SSSR count). The Morgan fingerprint density at radius 3 is 2.71 bits per heavy atom. The molecule has 0 saturated carbocycles. The second-order valence-corrected chi connectivity index (χ2v) is 6.45. The molecule has 0 radical (unpaired) electrons. The molecule has 0 unspecified atom stereocenters. The minimum atomic E-state index is 0.